The molecule has 0 aromatic carbocycles. The van der Waals surface area contributed by atoms with E-state index in [9.17, 15) is 4.79 Å². The van der Waals surface area contributed by atoms with E-state index in [1.807, 2.05) is 19.9 Å². The number of carbonyl (C=O) groups excluding carboxylic acids is 1. The number of nitrogens with zero attached hydrogens (tertiary/aromatic N) is 2. The van der Waals surface area contributed by atoms with Gasteiger partial charge in [0.25, 0.3) is 0 Å². The van der Waals surface area contributed by atoms with E-state index < -0.39 is 5.54 Å². The van der Waals surface area contributed by atoms with Gasteiger partial charge in [0.15, 0.2) is 0 Å². The summed E-state index contributed by atoms with van der Waals surface area (Å²) in [6.45, 7) is 4.74. The Balaban J connectivity index is 2.10. The number of hydrogen-bond acceptors (Lipinski definition) is 5. The number of ether oxygens (including phenoxy) is 1. The van der Waals surface area contributed by atoms with Crippen molar-refractivity contribution >= 4 is 11.9 Å². The molecule has 0 aliphatic carbocycles. The topological polar surface area (TPSA) is 90.1 Å². The number of nitrogens with one attached hydrogen (secondary N) is 1. The van der Waals surface area contributed by atoms with Gasteiger partial charge in [-0.25, -0.2) is 9.97 Å². The number of carbonyl (C=O) groups is 1. The lowest BCUT2D eigenvalue weighted by Crippen LogP contribution is -2.54. The van der Waals surface area contributed by atoms with Crippen molar-refractivity contribution in [3.8, 4) is 0 Å². The van der Waals surface area contributed by atoms with Crippen molar-refractivity contribution in [2.45, 2.75) is 32.2 Å². The quantitative estimate of drug-likeness (QED) is 0.799. The molecule has 6 nitrogen and oxygen atoms in total. The molecule has 6 heteroatoms. The van der Waals surface area contributed by atoms with Crippen molar-refractivity contribution in [3.63, 3.8) is 0 Å². The van der Waals surface area contributed by atoms with E-state index in [1.54, 1.807) is 0 Å². The molecule has 0 bridgehead atoms. The Kier molecular flexibility index (Phi) is 3.58. The molecule has 0 saturated carbocycles. The molecule has 1 fully saturated rings. The molecule has 0 unspecified atom stereocenters. The maximum absolute atomic E-state index is 12.1. The maximum Gasteiger partial charge on any atom is 0.246 e. The average Bonchev–Trinajstić information content (AvgIpc) is 2.28. The second-order valence-electron chi connectivity index (χ2n) is 4.70. The van der Waals surface area contributed by atoms with Crippen LogP contribution in [0.4, 0.5) is 5.95 Å². The predicted molar refractivity (Wildman–Crippen MR) is 67.1 cm³/mol. The molecule has 1 aromatic rings. The molecule has 0 radical (unpaired) electrons. The van der Waals surface area contributed by atoms with Gasteiger partial charge in [0, 0.05) is 24.6 Å². The SMILES string of the molecule is Cc1cc(C)nc(NC(=O)C2(N)CCOCC2)n1. The summed E-state index contributed by atoms with van der Waals surface area (Å²) < 4.78 is 5.21. The van der Waals surface area contributed by atoms with Gasteiger partial charge in [-0.1, -0.05) is 0 Å². The van der Waals surface area contributed by atoms with Gasteiger partial charge in [0.1, 0.15) is 5.54 Å². The summed E-state index contributed by atoms with van der Waals surface area (Å²) in [7, 11) is 0. The van der Waals surface area contributed by atoms with Crippen LogP contribution in [0.2, 0.25) is 0 Å². The van der Waals surface area contributed by atoms with Crippen LogP contribution < -0.4 is 11.1 Å². The highest BCUT2D eigenvalue weighted by atomic mass is 16.5. The van der Waals surface area contributed by atoms with Crippen LogP contribution in [-0.2, 0) is 9.53 Å². The highest BCUT2D eigenvalue weighted by Gasteiger charge is 2.36. The fourth-order valence-electron chi connectivity index (χ4n) is 1.97. The summed E-state index contributed by atoms with van der Waals surface area (Å²) in [5.74, 6) is 0.0737. The number of amides is 1. The van der Waals surface area contributed by atoms with Gasteiger partial charge in [-0.2, -0.15) is 0 Å². The van der Waals surface area contributed by atoms with Gasteiger partial charge in [-0.15, -0.1) is 0 Å². The summed E-state index contributed by atoms with van der Waals surface area (Å²) in [5.41, 5.74) is 6.83. The molecule has 98 valence electrons. The largest absolute Gasteiger partial charge is 0.381 e. The molecule has 1 aliphatic rings. The van der Waals surface area contributed by atoms with Gasteiger partial charge in [0.2, 0.25) is 11.9 Å². The molecule has 2 heterocycles. The Morgan fingerprint density at radius 1 is 1.33 bits per heavy atom. The van der Waals surface area contributed by atoms with Crippen LogP contribution in [0.25, 0.3) is 0 Å². The highest BCUT2D eigenvalue weighted by molar-refractivity contribution is 5.96. The molecule has 0 atom stereocenters. The van der Waals surface area contributed by atoms with Crippen LogP contribution in [0.5, 0.6) is 0 Å². The van der Waals surface area contributed by atoms with Gasteiger partial charge in [-0.3, -0.25) is 10.1 Å². The van der Waals surface area contributed by atoms with Crippen LogP contribution in [-0.4, -0.2) is 34.6 Å². The fourth-order valence-corrected chi connectivity index (χ4v) is 1.97. The van der Waals surface area contributed by atoms with E-state index in [0.717, 1.165) is 11.4 Å². The Bertz CT molecular complexity index is 435. The second kappa shape index (κ2) is 4.99. The monoisotopic (exact) mass is 250 g/mol. The third-order valence-electron chi connectivity index (χ3n) is 3.04. The maximum atomic E-state index is 12.1. The molecule has 2 rings (SSSR count). The zero-order valence-corrected chi connectivity index (χ0v) is 10.7. The van der Waals surface area contributed by atoms with Crippen molar-refractivity contribution in [2.24, 2.45) is 5.73 Å². The minimum atomic E-state index is -0.876. The van der Waals surface area contributed by atoms with Crippen molar-refractivity contribution in [3.05, 3.63) is 17.5 Å². The van der Waals surface area contributed by atoms with Crippen LogP contribution in [0, 0.1) is 13.8 Å². The first kappa shape index (κ1) is 12.9. The first-order valence-corrected chi connectivity index (χ1v) is 6.00. The van der Waals surface area contributed by atoms with E-state index in [1.165, 1.54) is 0 Å². The number of nitrogens with two attached hydrogens (primary N) is 1. The van der Waals surface area contributed by atoms with E-state index >= 15 is 0 Å². The summed E-state index contributed by atoms with van der Waals surface area (Å²) in [6.07, 6.45) is 1.03. The lowest BCUT2D eigenvalue weighted by Gasteiger charge is -2.31. The lowest BCUT2D eigenvalue weighted by molar-refractivity contribution is -0.124. The first-order chi connectivity index (χ1) is 8.49. The summed E-state index contributed by atoms with van der Waals surface area (Å²) in [4.78, 5) is 20.5. The van der Waals surface area contributed by atoms with Crippen LogP contribution >= 0.6 is 0 Å². The second-order valence-corrected chi connectivity index (χ2v) is 4.70. The molecule has 18 heavy (non-hydrogen) atoms. The van der Waals surface area contributed by atoms with Gasteiger partial charge >= 0.3 is 0 Å². The molecule has 1 aromatic heterocycles. The van der Waals surface area contributed by atoms with Crippen molar-refractivity contribution in [1.82, 2.24) is 9.97 Å². The lowest BCUT2D eigenvalue weighted by atomic mass is 9.90. The van der Waals surface area contributed by atoms with E-state index in [4.69, 9.17) is 10.5 Å². The predicted octanol–water partition coefficient (Wildman–Crippen LogP) is 0.540. The van der Waals surface area contributed by atoms with Gasteiger partial charge in [0.05, 0.1) is 0 Å². The normalized spacial score (nSPS) is 18.4. The zero-order valence-electron chi connectivity index (χ0n) is 10.7. The highest BCUT2D eigenvalue weighted by Crippen LogP contribution is 2.19. The fraction of sp³-hybridized carbons (Fsp3) is 0.583. The third kappa shape index (κ3) is 2.83. The van der Waals surface area contributed by atoms with Gasteiger partial charge in [-0.05, 0) is 32.8 Å². The number of anilines is 1. The van der Waals surface area contributed by atoms with Crippen LogP contribution in [0.1, 0.15) is 24.2 Å². The Morgan fingerprint density at radius 3 is 2.44 bits per heavy atom. The van der Waals surface area contributed by atoms with Gasteiger partial charge < -0.3 is 10.5 Å². The first-order valence-electron chi connectivity index (χ1n) is 6.00. The molecular weight excluding hydrogens is 232 g/mol. The summed E-state index contributed by atoms with van der Waals surface area (Å²) in [6, 6.07) is 1.85. The Labute approximate surface area is 106 Å². The standard InChI is InChI=1S/C12H18N4O2/c1-8-7-9(2)15-11(14-8)16-10(17)12(13)3-5-18-6-4-12/h7H,3-6,13H2,1-2H3,(H,14,15,16,17). The van der Waals surface area contributed by atoms with Crippen LogP contribution in [0.15, 0.2) is 6.07 Å². The Morgan fingerprint density at radius 2 is 1.89 bits per heavy atom. The molecule has 1 saturated heterocycles. The smallest absolute Gasteiger partial charge is 0.246 e. The molecule has 3 N–H and O–H groups in total. The molecular formula is C12H18N4O2. The average molecular weight is 250 g/mol. The van der Waals surface area contributed by atoms with Crippen LogP contribution in [0.3, 0.4) is 0 Å². The van der Waals surface area contributed by atoms with Crippen molar-refractivity contribution in [1.29, 1.82) is 0 Å². The summed E-state index contributed by atoms with van der Waals surface area (Å²) >= 11 is 0. The minimum absolute atomic E-state index is 0.240. The third-order valence-corrected chi connectivity index (χ3v) is 3.04. The van der Waals surface area contributed by atoms with E-state index in [2.05, 4.69) is 15.3 Å². The molecule has 0 spiro atoms. The number of hydrogen-bond donors (Lipinski definition) is 2. The molecule has 1 aliphatic heterocycles. The number of aromatic nitrogens is 2. The van der Waals surface area contributed by atoms with Crippen molar-refractivity contribution < 1.29 is 9.53 Å². The van der Waals surface area contributed by atoms with Crippen molar-refractivity contribution in [2.75, 3.05) is 18.5 Å². The minimum Gasteiger partial charge on any atom is -0.381 e. The molecule has 1 amide bonds. The Hall–Kier alpha value is -1.53. The zero-order chi connectivity index (χ0) is 13.2. The van der Waals surface area contributed by atoms with E-state index in [0.29, 0.717) is 32.0 Å². The number of aryl methyl sites for hydroxylation is 2. The summed E-state index contributed by atoms with van der Waals surface area (Å²) in [5, 5.41) is 2.69. The number of rotatable bonds is 2. The van der Waals surface area contributed by atoms with E-state index in [-0.39, 0.29) is 5.91 Å².